The highest BCUT2D eigenvalue weighted by Gasteiger charge is 2.17. The van der Waals surface area contributed by atoms with Gasteiger partial charge >= 0.3 is 6.61 Å². The molecule has 1 aromatic carbocycles. The third kappa shape index (κ3) is 2.22. The van der Waals surface area contributed by atoms with Gasteiger partial charge in [-0.25, -0.2) is 9.37 Å². The molecule has 0 radical (unpaired) electrons. The van der Waals surface area contributed by atoms with Crippen molar-refractivity contribution in [2.24, 2.45) is 0 Å². The molecule has 0 unspecified atom stereocenters. The molecule has 0 saturated carbocycles. The van der Waals surface area contributed by atoms with Crippen LogP contribution in [0.1, 0.15) is 0 Å². The van der Waals surface area contributed by atoms with Crippen LogP contribution in [0.5, 0.6) is 5.75 Å². The molecule has 2 rings (SSSR count). The van der Waals surface area contributed by atoms with Gasteiger partial charge < -0.3 is 9.30 Å². The van der Waals surface area contributed by atoms with Crippen LogP contribution in [-0.4, -0.2) is 16.2 Å². The highest BCUT2D eigenvalue weighted by atomic mass is 19.3. The van der Waals surface area contributed by atoms with E-state index in [4.69, 9.17) is 0 Å². The van der Waals surface area contributed by atoms with Crippen molar-refractivity contribution in [3.8, 4) is 11.4 Å². The van der Waals surface area contributed by atoms with E-state index in [-0.39, 0.29) is 5.69 Å². The van der Waals surface area contributed by atoms with E-state index >= 15 is 0 Å². The summed E-state index contributed by atoms with van der Waals surface area (Å²) in [6, 6.07) is 2.05. The van der Waals surface area contributed by atoms with Crippen LogP contribution >= 0.6 is 0 Å². The first-order chi connectivity index (χ1) is 8.09. The van der Waals surface area contributed by atoms with Gasteiger partial charge in [-0.15, -0.1) is 0 Å². The zero-order valence-corrected chi connectivity index (χ0v) is 8.28. The van der Waals surface area contributed by atoms with Crippen LogP contribution in [0.3, 0.4) is 0 Å². The lowest BCUT2D eigenvalue weighted by molar-refractivity contribution is -0.0525. The molecule has 0 saturated heterocycles. The van der Waals surface area contributed by atoms with Gasteiger partial charge in [0, 0.05) is 12.4 Å². The molecule has 0 bridgehead atoms. The lowest BCUT2D eigenvalue weighted by Crippen LogP contribution is -2.06. The number of halogens is 4. The number of nitrogens with zero attached hydrogens (tertiary/aromatic N) is 2. The Balaban J connectivity index is 2.43. The van der Waals surface area contributed by atoms with Crippen molar-refractivity contribution in [1.29, 1.82) is 0 Å². The van der Waals surface area contributed by atoms with Crippen LogP contribution < -0.4 is 4.74 Å². The normalized spacial score (nSPS) is 10.9. The number of aromatic nitrogens is 2. The first-order valence-corrected chi connectivity index (χ1v) is 4.50. The monoisotopic (exact) mass is 246 g/mol. The molecule has 0 aliphatic carbocycles. The molecule has 2 aromatic rings. The van der Waals surface area contributed by atoms with Crippen LogP contribution in [0.4, 0.5) is 17.6 Å². The maximum atomic E-state index is 13.5. The van der Waals surface area contributed by atoms with E-state index in [0.29, 0.717) is 0 Å². The predicted octanol–water partition coefficient (Wildman–Crippen LogP) is 2.75. The number of imidazole rings is 1. The molecular weight excluding hydrogens is 240 g/mol. The van der Waals surface area contributed by atoms with Crippen LogP contribution in [0.15, 0.2) is 30.9 Å². The first-order valence-electron chi connectivity index (χ1n) is 4.50. The summed E-state index contributed by atoms with van der Waals surface area (Å²) < 4.78 is 55.7. The zero-order valence-electron chi connectivity index (χ0n) is 8.28. The third-order valence-corrected chi connectivity index (χ3v) is 2.03. The van der Waals surface area contributed by atoms with Crippen molar-refractivity contribution < 1.29 is 22.3 Å². The van der Waals surface area contributed by atoms with Crippen LogP contribution in [0.25, 0.3) is 5.69 Å². The van der Waals surface area contributed by atoms with Gasteiger partial charge in [-0.05, 0) is 12.1 Å². The van der Waals surface area contributed by atoms with E-state index in [1.807, 2.05) is 0 Å². The Morgan fingerprint density at radius 2 is 1.94 bits per heavy atom. The van der Waals surface area contributed by atoms with Crippen LogP contribution in [0.2, 0.25) is 0 Å². The van der Waals surface area contributed by atoms with Crippen LogP contribution in [-0.2, 0) is 0 Å². The number of hydrogen-bond acceptors (Lipinski definition) is 2. The van der Waals surface area contributed by atoms with Crippen molar-refractivity contribution in [3.63, 3.8) is 0 Å². The van der Waals surface area contributed by atoms with E-state index in [1.54, 1.807) is 0 Å². The molecule has 1 aromatic heterocycles. The second kappa shape index (κ2) is 4.44. The maximum Gasteiger partial charge on any atom is 0.387 e. The Morgan fingerprint density at radius 1 is 1.18 bits per heavy atom. The van der Waals surface area contributed by atoms with E-state index < -0.39 is 24.0 Å². The minimum atomic E-state index is -3.21. The van der Waals surface area contributed by atoms with Gasteiger partial charge in [0.2, 0.25) is 5.82 Å². The predicted molar refractivity (Wildman–Crippen MR) is 50.1 cm³/mol. The van der Waals surface area contributed by atoms with E-state index in [1.165, 1.54) is 23.3 Å². The fourth-order valence-electron chi connectivity index (χ4n) is 1.31. The van der Waals surface area contributed by atoms with Gasteiger partial charge in [0.25, 0.3) is 0 Å². The Hall–Kier alpha value is -2.05. The maximum absolute atomic E-state index is 13.5. The molecule has 17 heavy (non-hydrogen) atoms. The molecule has 0 spiro atoms. The molecule has 0 aliphatic heterocycles. The molecule has 90 valence electrons. The Kier molecular flexibility index (Phi) is 2.99. The summed E-state index contributed by atoms with van der Waals surface area (Å²) in [5, 5.41) is 0. The number of rotatable bonds is 3. The number of alkyl halides is 2. The molecule has 1 heterocycles. The number of benzene rings is 1. The largest absolute Gasteiger partial charge is 0.432 e. The van der Waals surface area contributed by atoms with Crippen molar-refractivity contribution in [2.75, 3.05) is 0 Å². The molecule has 0 N–H and O–H groups in total. The average molecular weight is 246 g/mol. The molecule has 0 atom stereocenters. The number of ether oxygens (including phenoxy) is 1. The SMILES string of the molecule is Fc1c(OC(F)F)ccc(-n2ccnc2)c1F. The summed E-state index contributed by atoms with van der Waals surface area (Å²) in [6.07, 6.45) is 4.03. The van der Waals surface area contributed by atoms with Gasteiger partial charge in [0.05, 0.1) is 12.0 Å². The quantitative estimate of drug-likeness (QED) is 0.778. The van der Waals surface area contributed by atoms with E-state index in [0.717, 1.165) is 12.1 Å². The summed E-state index contributed by atoms with van der Waals surface area (Å²) in [4.78, 5) is 3.66. The molecule has 7 heteroatoms. The summed E-state index contributed by atoms with van der Waals surface area (Å²) >= 11 is 0. The first kappa shape index (κ1) is 11.4. The van der Waals surface area contributed by atoms with E-state index in [2.05, 4.69) is 9.72 Å². The Morgan fingerprint density at radius 3 is 2.53 bits per heavy atom. The number of hydrogen-bond donors (Lipinski definition) is 0. The van der Waals surface area contributed by atoms with Crippen LogP contribution in [0, 0.1) is 11.6 Å². The molecule has 0 aliphatic rings. The van der Waals surface area contributed by atoms with Crippen molar-refractivity contribution >= 4 is 0 Å². The smallest absolute Gasteiger partial charge is 0.387 e. The molecule has 0 fully saturated rings. The third-order valence-electron chi connectivity index (χ3n) is 2.03. The van der Waals surface area contributed by atoms with Gasteiger partial charge in [-0.1, -0.05) is 0 Å². The Labute approximate surface area is 93.3 Å². The minimum Gasteiger partial charge on any atom is -0.432 e. The highest BCUT2D eigenvalue weighted by molar-refractivity contribution is 5.40. The Bertz CT molecular complexity index is 513. The van der Waals surface area contributed by atoms with Gasteiger partial charge in [-0.2, -0.15) is 13.2 Å². The van der Waals surface area contributed by atoms with Crippen molar-refractivity contribution in [1.82, 2.24) is 9.55 Å². The second-order valence-corrected chi connectivity index (χ2v) is 3.06. The van der Waals surface area contributed by atoms with Gasteiger partial charge in [0.15, 0.2) is 11.6 Å². The van der Waals surface area contributed by atoms with E-state index in [9.17, 15) is 17.6 Å². The summed E-state index contributed by atoms with van der Waals surface area (Å²) in [5.74, 6) is -3.57. The average Bonchev–Trinajstić information content (AvgIpc) is 2.78. The zero-order chi connectivity index (χ0) is 12.4. The lowest BCUT2D eigenvalue weighted by atomic mass is 10.2. The van der Waals surface area contributed by atoms with Crippen molar-refractivity contribution in [2.45, 2.75) is 6.61 Å². The molecule has 0 amide bonds. The van der Waals surface area contributed by atoms with Crippen molar-refractivity contribution in [3.05, 3.63) is 42.5 Å². The summed E-state index contributed by atoms with van der Waals surface area (Å²) in [5.41, 5.74) is -0.137. The minimum absolute atomic E-state index is 0.137. The fraction of sp³-hybridized carbons (Fsp3) is 0.100. The lowest BCUT2D eigenvalue weighted by Gasteiger charge is -2.09. The standard InChI is InChI=1S/C10H6F4N2O/c11-8-6(16-4-3-15-5-16)1-2-7(9(8)12)17-10(13)14/h1-5,10H. The van der Waals surface area contributed by atoms with Gasteiger partial charge in [-0.3, -0.25) is 0 Å². The fourth-order valence-corrected chi connectivity index (χ4v) is 1.31. The topological polar surface area (TPSA) is 27.1 Å². The van der Waals surface area contributed by atoms with Gasteiger partial charge in [0.1, 0.15) is 0 Å². The molecular formula is C10H6F4N2O. The highest BCUT2D eigenvalue weighted by Crippen LogP contribution is 2.26. The summed E-state index contributed by atoms with van der Waals surface area (Å²) in [7, 11) is 0. The summed E-state index contributed by atoms with van der Waals surface area (Å²) in [6.45, 7) is -3.21. The second-order valence-electron chi connectivity index (χ2n) is 3.06. The molecule has 3 nitrogen and oxygen atoms in total.